The van der Waals surface area contributed by atoms with Crippen molar-refractivity contribution in [2.45, 2.75) is 121 Å². The van der Waals surface area contributed by atoms with Gasteiger partial charge in [-0.2, -0.15) is 0 Å². The smallest absolute Gasteiger partial charge is 0.342 e. The van der Waals surface area contributed by atoms with Crippen molar-refractivity contribution in [1.82, 2.24) is 10.2 Å². The number of benzene rings is 3. The third-order valence-corrected chi connectivity index (χ3v) is 14.3. The third-order valence-electron chi connectivity index (χ3n) is 13.9. The number of amides is 2. The molecule has 4 heterocycles. The molecule has 68 heavy (non-hydrogen) atoms. The number of hydrogen-bond donors (Lipinski definition) is 3. The minimum absolute atomic E-state index is 0.0361. The normalized spacial score (nSPS) is 22.3. The van der Waals surface area contributed by atoms with Crippen molar-refractivity contribution in [3.8, 4) is 11.5 Å². The zero-order valence-electron chi connectivity index (χ0n) is 40.3. The second-order valence-electron chi connectivity index (χ2n) is 19.4. The number of rotatable bonds is 13. The monoisotopic (exact) mass is 945 g/mol. The van der Waals surface area contributed by atoms with Crippen molar-refractivity contribution in [2.75, 3.05) is 49.6 Å². The van der Waals surface area contributed by atoms with Crippen LogP contribution in [-0.4, -0.2) is 90.6 Å². The summed E-state index contributed by atoms with van der Waals surface area (Å²) in [5.41, 5.74) is 6.34. The second kappa shape index (κ2) is 22.4. The number of hydrogen-bond acceptors (Lipinski definition) is 10. The molecule has 0 bridgehead atoms. The SMILES string of the molecule is CN1c2ccccc2C(C)(C)C1/C=C/C=C1/N(CCCCC(=O)NCCC2C/C=C/CC/C=C/C(=N\OCC(=O)N3CCCCC3)Cc3c(Cl)c(O)cc(O)c3C(=O)O2)c2ccccc2C1(C)C. The summed E-state index contributed by atoms with van der Waals surface area (Å²) in [4.78, 5) is 51.9. The number of cyclic esters (lactones) is 1. The van der Waals surface area contributed by atoms with E-state index in [2.05, 4.69) is 122 Å². The van der Waals surface area contributed by atoms with Crippen LogP contribution >= 0.6 is 11.6 Å². The van der Waals surface area contributed by atoms with Gasteiger partial charge in [0.15, 0.2) is 6.61 Å². The average Bonchev–Trinajstić information content (AvgIpc) is 3.65. The Morgan fingerprint density at radius 1 is 0.941 bits per heavy atom. The summed E-state index contributed by atoms with van der Waals surface area (Å²) < 4.78 is 5.99. The lowest BCUT2D eigenvalue weighted by Crippen LogP contribution is -2.37. The Morgan fingerprint density at radius 3 is 2.43 bits per heavy atom. The van der Waals surface area contributed by atoms with E-state index < -0.39 is 23.6 Å². The van der Waals surface area contributed by atoms with Gasteiger partial charge in [0.25, 0.3) is 5.91 Å². The van der Waals surface area contributed by atoms with Gasteiger partial charge in [0, 0.05) is 92.9 Å². The van der Waals surface area contributed by atoms with Crippen molar-refractivity contribution in [1.29, 1.82) is 0 Å². The zero-order valence-corrected chi connectivity index (χ0v) is 41.1. The molecule has 0 aromatic heterocycles. The Kier molecular flexibility index (Phi) is 16.4. The summed E-state index contributed by atoms with van der Waals surface area (Å²) in [6, 6.07) is 18.5. The molecule has 3 N–H and O–H groups in total. The van der Waals surface area contributed by atoms with Crippen molar-refractivity contribution in [3.05, 3.63) is 130 Å². The Balaban J connectivity index is 0.951. The van der Waals surface area contributed by atoms with E-state index in [1.807, 2.05) is 18.2 Å². The maximum Gasteiger partial charge on any atom is 0.342 e. The fourth-order valence-electron chi connectivity index (χ4n) is 10.1. The minimum Gasteiger partial charge on any atom is -0.507 e. The number of nitrogens with zero attached hydrogens (tertiary/aromatic N) is 4. The standard InChI is InChI=1S/C55H68ClN5O7/c1-54(2)41-23-12-14-25-43(41)59(5)47(54)27-20-28-48-55(3,4)42-24-13-15-26-44(42)61(48)34-19-16-29-49(64)57-31-30-39-22-11-8-6-7-10-21-38(58-67-37-50(65)60-32-17-9-18-33-60)35-40-51(53(66)68-39)45(62)36-46(63)52(40)56/h8,10-15,20-21,23-28,36,39,47,62-63H,6-7,9,16-19,22,29-35,37H2,1-5H3,(H,57,64)/b11-8+,21-10+,27-20+,48-28+,58-38+. The van der Waals surface area contributed by atoms with Crippen LogP contribution in [-0.2, 0) is 36.4 Å². The lowest BCUT2D eigenvalue weighted by atomic mass is 9.80. The van der Waals surface area contributed by atoms with Crippen LogP contribution in [0.3, 0.4) is 0 Å². The molecule has 0 saturated carbocycles. The Labute approximate surface area is 407 Å². The van der Waals surface area contributed by atoms with Gasteiger partial charge in [-0.25, -0.2) is 4.79 Å². The molecule has 0 spiro atoms. The number of carbonyl (C=O) groups excluding carboxylic acids is 3. The highest BCUT2D eigenvalue weighted by molar-refractivity contribution is 6.33. The topological polar surface area (TPSA) is 144 Å². The van der Waals surface area contributed by atoms with Crippen molar-refractivity contribution >= 4 is 46.5 Å². The van der Waals surface area contributed by atoms with E-state index in [1.54, 1.807) is 11.0 Å². The predicted molar refractivity (Wildman–Crippen MR) is 271 cm³/mol. The van der Waals surface area contributed by atoms with E-state index in [0.717, 1.165) is 38.3 Å². The Hall–Kier alpha value is -6.01. The van der Waals surface area contributed by atoms with Crippen molar-refractivity contribution in [3.63, 3.8) is 0 Å². The van der Waals surface area contributed by atoms with E-state index in [0.29, 0.717) is 57.3 Å². The summed E-state index contributed by atoms with van der Waals surface area (Å²) in [5, 5.41) is 28.7. The predicted octanol–water partition coefficient (Wildman–Crippen LogP) is 10.2. The minimum atomic E-state index is -0.832. The number of halogens is 1. The maximum atomic E-state index is 13.9. The first-order chi connectivity index (χ1) is 32.7. The number of allylic oxidation sites excluding steroid dienone is 6. The van der Waals surface area contributed by atoms with Gasteiger partial charge in [0.1, 0.15) is 23.2 Å². The number of phenols is 2. The van der Waals surface area contributed by atoms with Crippen LogP contribution in [0.4, 0.5) is 11.4 Å². The number of fused-ring (bicyclic) bond motifs is 3. The molecule has 4 aliphatic rings. The molecular weight excluding hydrogens is 878 g/mol. The van der Waals surface area contributed by atoms with Crippen LogP contribution in [0.2, 0.25) is 5.02 Å². The van der Waals surface area contributed by atoms with Crippen molar-refractivity contribution in [2.24, 2.45) is 5.16 Å². The third kappa shape index (κ3) is 11.5. The van der Waals surface area contributed by atoms with E-state index in [4.69, 9.17) is 21.2 Å². The molecule has 2 unspecified atom stereocenters. The number of nitrogens with one attached hydrogen (secondary N) is 1. The highest BCUT2D eigenvalue weighted by Crippen LogP contribution is 2.48. The number of phenolic OH excluding ortho intramolecular Hbond substituents is 2. The highest BCUT2D eigenvalue weighted by Gasteiger charge is 2.42. The number of likely N-dealkylation sites (N-methyl/N-ethyl adjacent to an activating group) is 1. The fourth-order valence-corrected chi connectivity index (χ4v) is 10.4. The lowest BCUT2D eigenvalue weighted by molar-refractivity contribution is -0.137. The molecule has 1 fully saturated rings. The van der Waals surface area contributed by atoms with Gasteiger partial charge < -0.3 is 39.8 Å². The molecule has 4 aliphatic heterocycles. The average molecular weight is 947 g/mol. The molecule has 2 atom stereocenters. The Bertz CT molecular complexity index is 2470. The summed E-state index contributed by atoms with van der Waals surface area (Å²) in [5.74, 6) is -1.99. The van der Waals surface area contributed by atoms with Gasteiger partial charge in [-0.1, -0.05) is 111 Å². The van der Waals surface area contributed by atoms with Crippen LogP contribution < -0.4 is 15.1 Å². The van der Waals surface area contributed by atoms with Gasteiger partial charge in [0.05, 0.1) is 16.8 Å². The number of ether oxygens (including phenoxy) is 1. The number of unbranched alkanes of at least 4 members (excludes halogenated alkanes) is 1. The molecule has 7 rings (SSSR count). The van der Waals surface area contributed by atoms with E-state index >= 15 is 0 Å². The van der Waals surface area contributed by atoms with E-state index in [9.17, 15) is 24.6 Å². The summed E-state index contributed by atoms with van der Waals surface area (Å²) in [6.07, 6.45) is 20.6. The van der Waals surface area contributed by atoms with Crippen LogP contribution in [0.1, 0.15) is 119 Å². The second-order valence-corrected chi connectivity index (χ2v) is 19.8. The molecule has 3 aromatic rings. The first-order valence-corrected chi connectivity index (χ1v) is 24.6. The number of carbonyl (C=O) groups is 3. The number of likely N-dealkylation sites (tertiary alicyclic amines) is 1. The fraction of sp³-hybridized carbons (Fsp3) is 0.455. The van der Waals surface area contributed by atoms with E-state index in [-0.39, 0.29) is 64.4 Å². The molecule has 2 amide bonds. The molecular formula is C55H68ClN5O7. The van der Waals surface area contributed by atoms with Gasteiger partial charge in [-0.05, 0) is 85.9 Å². The maximum absolute atomic E-state index is 13.9. The first-order valence-electron chi connectivity index (χ1n) is 24.3. The number of aromatic hydroxyl groups is 2. The quantitative estimate of drug-likeness (QED) is 0.0660. The molecule has 12 nitrogen and oxygen atoms in total. The van der Waals surface area contributed by atoms with E-state index in [1.165, 1.54) is 28.2 Å². The van der Waals surface area contributed by atoms with Crippen LogP contribution in [0.25, 0.3) is 0 Å². The molecule has 362 valence electrons. The lowest BCUT2D eigenvalue weighted by Gasteiger charge is -2.30. The molecule has 0 radical (unpaired) electrons. The van der Waals surface area contributed by atoms with Crippen molar-refractivity contribution < 1.29 is 34.2 Å². The summed E-state index contributed by atoms with van der Waals surface area (Å²) in [7, 11) is 2.17. The molecule has 1 saturated heterocycles. The summed E-state index contributed by atoms with van der Waals surface area (Å²) in [6.45, 7) is 11.3. The largest absolute Gasteiger partial charge is 0.507 e. The zero-order chi connectivity index (χ0) is 48.4. The number of para-hydroxylation sites is 2. The molecule has 13 heteroatoms. The molecule has 3 aromatic carbocycles. The van der Waals surface area contributed by atoms with Crippen LogP contribution in [0, 0.1) is 0 Å². The number of anilines is 2. The number of esters is 1. The van der Waals surface area contributed by atoms with Gasteiger partial charge >= 0.3 is 5.97 Å². The van der Waals surface area contributed by atoms with Crippen LogP contribution in [0.5, 0.6) is 11.5 Å². The van der Waals surface area contributed by atoms with Gasteiger partial charge in [-0.3, -0.25) is 9.59 Å². The van der Waals surface area contributed by atoms with Crippen LogP contribution in [0.15, 0.2) is 108 Å². The highest BCUT2D eigenvalue weighted by atomic mass is 35.5. The van der Waals surface area contributed by atoms with Gasteiger partial charge in [0.2, 0.25) is 5.91 Å². The molecule has 0 aliphatic carbocycles. The first kappa shape index (κ1) is 49.9. The van der Waals surface area contributed by atoms with Gasteiger partial charge in [-0.15, -0.1) is 0 Å². The summed E-state index contributed by atoms with van der Waals surface area (Å²) >= 11 is 6.59. The number of oxime groups is 1. The Morgan fingerprint density at radius 2 is 1.66 bits per heavy atom. The number of piperidine rings is 1.